The highest BCUT2D eigenvalue weighted by atomic mass is 16.3. The Morgan fingerprint density at radius 2 is 2.17 bits per heavy atom. The summed E-state index contributed by atoms with van der Waals surface area (Å²) in [4.78, 5) is 25.3. The van der Waals surface area contributed by atoms with Crippen LogP contribution in [0.25, 0.3) is 11.7 Å². The highest BCUT2D eigenvalue weighted by Crippen LogP contribution is 2.24. The maximum Gasteiger partial charge on any atom is 0.270 e. The van der Waals surface area contributed by atoms with Crippen LogP contribution in [0.2, 0.25) is 0 Å². The highest BCUT2D eigenvalue weighted by molar-refractivity contribution is 5.96. The molecular formula is C17H22N4O3. The van der Waals surface area contributed by atoms with Gasteiger partial charge in [-0.25, -0.2) is 0 Å². The Bertz CT molecular complexity index is 882. The molecule has 1 amide bonds. The highest BCUT2D eigenvalue weighted by Gasteiger charge is 2.30. The summed E-state index contributed by atoms with van der Waals surface area (Å²) in [7, 11) is 0. The summed E-state index contributed by atoms with van der Waals surface area (Å²) < 4.78 is 2.72. The standard InChI is InChI=1S/C17H22N4O3/c1-5-10-8-12-20(9-17(2,3)4)15(23)13(16(24)21(12)19-10)14(22)18-11-6-7-11/h5,8,11,24H,1,6-7,9H2,2-4H3,(H,18,22). The van der Waals surface area contributed by atoms with Gasteiger partial charge in [-0.05, 0) is 24.3 Å². The molecule has 0 bridgehead atoms. The lowest BCUT2D eigenvalue weighted by Crippen LogP contribution is -2.37. The summed E-state index contributed by atoms with van der Waals surface area (Å²) in [5.74, 6) is -0.994. The summed E-state index contributed by atoms with van der Waals surface area (Å²) >= 11 is 0. The second-order valence-corrected chi connectivity index (χ2v) is 7.44. The summed E-state index contributed by atoms with van der Waals surface area (Å²) in [6, 6.07) is 1.76. The second kappa shape index (κ2) is 5.51. The summed E-state index contributed by atoms with van der Waals surface area (Å²) in [6.45, 7) is 10.0. The fraction of sp³-hybridized carbons (Fsp3) is 0.471. The molecule has 0 radical (unpaired) electrons. The van der Waals surface area contributed by atoms with Gasteiger partial charge in [-0.1, -0.05) is 27.4 Å². The van der Waals surface area contributed by atoms with E-state index in [1.54, 1.807) is 6.07 Å². The average molecular weight is 330 g/mol. The van der Waals surface area contributed by atoms with Crippen molar-refractivity contribution in [1.82, 2.24) is 19.5 Å². The van der Waals surface area contributed by atoms with Gasteiger partial charge in [0.05, 0.1) is 5.69 Å². The first kappa shape index (κ1) is 16.3. The van der Waals surface area contributed by atoms with E-state index in [-0.39, 0.29) is 17.0 Å². The molecule has 128 valence electrons. The Kier molecular flexibility index (Phi) is 3.74. The van der Waals surface area contributed by atoms with Crippen LogP contribution in [-0.4, -0.2) is 31.2 Å². The molecule has 0 aliphatic heterocycles. The molecule has 2 heterocycles. The van der Waals surface area contributed by atoms with Crippen molar-refractivity contribution in [2.75, 3.05) is 0 Å². The fourth-order valence-electron chi connectivity index (χ4n) is 2.59. The Balaban J connectivity index is 2.25. The molecule has 1 aliphatic carbocycles. The zero-order valence-corrected chi connectivity index (χ0v) is 14.2. The quantitative estimate of drug-likeness (QED) is 0.894. The fourth-order valence-corrected chi connectivity index (χ4v) is 2.59. The van der Waals surface area contributed by atoms with Crippen molar-refractivity contribution in [3.8, 4) is 5.88 Å². The smallest absolute Gasteiger partial charge is 0.270 e. The van der Waals surface area contributed by atoms with Crippen molar-refractivity contribution < 1.29 is 9.90 Å². The van der Waals surface area contributed by atoms with E-state index in [0.29, 0.717) is 17.9 Å². The summed E-state index contributed by atoms with van der Waals surface area (Å²) in [5.41, 5.74) is -0.0113. The van der Waals surface area contributed by atoms with E-state index in [4.69, 9.17) is 0 Å². The maximum atomic E-state index is 12.9. The number of aromatic nitrogens is 3. The van der Waals surface area contributed by atoms with Crippen LogP contribution in [0.5, 0.6) is 5.88 Å². The predicted molar refractivity (Wildman–Crippen MR) is 91.2 cm³/mol. The van der Waals surface area contributed by atoms with Gasteiger partial charge in [0, 0.05) is 18.7 Å². The number of carbonyl (C=O) groups excluding carboxylic acids is 1. The molecule has 1 saturated carbocycles. The number of amides is 1. The largest absolute Gasteiger partial charge is 0.492 e. The molecule has 0 unspecified atom stereocenters. The number of nitrogens with zero attached hydrogens (tertiary/aromatic N) is 3. The molecule has 2 aromatic rings. The number of aromatic hydroxyl groups is 1. The predicted octanol–water partition coefficient (Wildman–Crippen LogP) is 1.78. The molecule has 2 aromatic heterocycles. The van der Waals surface area contributed by atoms with E-state index >= 15 is 0 Å². The molecule has 7 nitrogen and oxygen atoms in total. The van der Waals surface area contributed by atoms with Gasteiger partial charge in [-0.3, -0.25) is 14.2 Å². The van der Waals surface area contributed by atoms with E-state index in [1.807, 2.05) is 20.8 Å². The normalized spacial score (nSPS) is 14.8. The molecule has 2 N–H and O–H groups in total. The molecular weight excluding hydrogens is 308 g/mol. The lowest BCUT2D eigenvalue weighted by molar-refractivity contribution is 0.0944. The van der Waals surface area contributed by atoms with Gasteiger partial charge < -0.3 is 10.4 Å². The summed E-state index contributed by atoms with van der Waals surface area (Å²) in [6.07, 6.45) is 3.32. The lowest BCUT2D eigenvalue weighted by atomic mass is 9.97. The molecule has 24 heavy (non-hydrogen) atoms. The van der Waals surface area contributed by atoms with E-state index in [9.17, 15) is 14.7 Å². The van der Waals surface area contributed by atoms with Gasteiger partial charge in [-0.15, -0.1) is 0 Å². The van der Waals surface area contributed by atoms with Crippen LogP contribution in [0.15, 0.2) is 17.4 Å². The van der Waals surface area contributed by atoms with Crippen molar-refractivity contribution in [1.29, 1.82) is 0 Å². The van der Waals surface area contributed by atoms with E-state index in [1.165, 1.54) is 15.2 Å². The molecule has 1 aliphatic rings. The Morgan fingerprint density at radius 3 is 2.71 bits per heavy atom. The van der Waals surface area contributed by atoms with Gasteiger partial charge >= 0.3 is 0 Å². The monoisotopic (exact) mass is 330 g/mol. The van der Waals surface area contributed by atoms with Crippen LogP contribution in [0.1, 0.15) is 49.7 Å². The van der Waals surface area contributed by atoms with Crippen LogP contribution in [0, 0.1) is 5.41 Å². The molecule has 0 spiro atoms. The minimum Gasteiger partial charge on any atom is -0.492 e. The van der Waals surface area contributed by atoms with Crippen LogP contribution < -0.4 is 10.9 Å². The second-order valence-electron chi connectivity index (χ2n) is 7.44. The molecule has 7 heteroatoms. The molecule has 1 fully saturated rings. The Labute approximate surface area is 139 Å². The third-order valence-corrected chi connectivity index (χ3v) is 3.85. The van der Waals surface area contributed by atoms with E-state index < -0.39 is 17.3 Å². The first-order chi connectivity index (χ1) is 11.2. The number of fused-ring (bicyclic) bond motifs is 1. The number of rotatable bonds is 4. The van der Waals surface area contributed by atoms with Crippen molar-refractivity contribution in [2.45, 2.75) is 46.2 Å². The minimum atomic E-state index is -0.555. The van der Waals surface area contributed by atoms with Gasteiger partial charge in [0.25, 0.3) is 11.5 Å². The van der Waals surface area contributed by atoms with Crippen LogP contribution in [0.4, 0.5) is 0 Å². The van der Waals surface area contributed by atoms with Gasteiger partial charge in [0.15, 0.2) is 5.56 Å². The third-order valence-electron chi connectivity index (χ3n) is 3.85. The zero-order valence-electron chi connectivity index (χ0n) is 14.2. The van der Waals surface area contributed by atoms with Crippen molar-refractivity contribution in [3.05, 3.63) is 34.3 Å². The van der Waals surface area contributed by atoms with Crippen molar-refractivity contribution >= 4 is 17.6 Å². The van der Waals surface area contributed by atoms with Crippen molar-refractivity contribution in [3.63, 3.8) is 0 Å². The SMILES string of the molecule is C=Cc1cc2n(CC(C)(C)C)c(=O)c(C(=O)NC3CC3)c(O)n2n1. The number of hydrogen-bond acceptors (Lipinski definition) is 4. The van der Waals surface area contributed by atoms with Gasteiger partial charge in [0.2, 0.25) is 5.88 Å². The first-order valence-electron chi connectivity index (χ1n) is 8.00. The topological polar surface area (TPSA) is 88.6 Å². The van der Waals surface area contributed by atoms with Gasteiger partial charge in [-0.2, -0.15) is 9.61 Å². The first-order valence-corrected chi connectivity index (χ1v) is 8.00. The van der Waals surface area contributed by atoms with Crippen LogP contribution >= 0.6 is 0 Å². The summed E-state index contributed by atoms with van der Waals surface area (Å²) in [5, 5.41) is 17.4. The zero-order chi connectivity index (χ0) is 17.6. The molecule has 0 saturated heterocycles. The third kappa shape index (κ3) is 2.93. The molecule has 0 atom stereocenters. The molecule has 0 aromatic carbocycles. The lowest BCUT2D eigenvalue weighted by Gasteiger charge is -2.21. The minimum absolute atomic E-state index is 0.0874. The number of hydrogen-bond donors (Lipinski definition) is 2. The van der Waals surface area contributed by atoms with Crippen molar-refractivity contribution in [2.24, 2.45) is 5.41 Å². The molecule has 3 rings (SSSR count). The maximum absolute atomic E-state index is 12.9. The number of nitrogens with one attached hydrogen (secondary N) is 1. The van der Waals surface area contributed by atoms with Crippen LogP contribution in [-0.2, 0) is 6.54 Å². The van der Waals surface area contributed by atoms with Gasteiger partial charge in [0.1, 0.15) is 5.65 Å². The average Bonchev–Trinajstić information content (AvgIpc) is 3.17. The number of carbonyl (C=O) groups is 1. The van der Waals surface area contributed by atoms with E-state index in [0.717, 1.165) is 12.8 Å². The Hall–Kier alpha value is -2.57. The van der Waals surface area contributed by atoms with Crippen LogP contribution in [0.3, 0.4) is 0 Å². The van der Waals surface area contributed by atoms with E-state index in [2.05, 4.69) is 17.0 Å². The Morgan fingerprint density at radius 1 is 1.50 bits per heavy atom.